The van der Waals surface area contributed by atoms with Crippen LogP contribution in [0.1, 0.15) is 37.0 Å². The number of hydrogen-bond donors (Lipinski definition) is 0. The molecule has 7 nitrogen and oxygen atoms in total. The SMILES string of the molecule is CCCN1C(=O)/C(=C\c2c(C)c(C#N)c(=O)n(CC)c2N2CCN(c3ccccc3F)CC2)SC1=S. The van der Waals surface area contributed by atoms with Crippen LogP contribution in [-0.2, 0) is 11.3 Å². The molecule has 2 aromatic rings. The van der Waals surface area contributed by atoms with Gasteiger partial charge in [0.1, 0.15) is 27.6 Å². The van der Waals surface area contributed by atoms with Gasteiger partial charge in [-0.3, -0.25) is 19.1 Å². The molecule has 0 bridgehead atoms. The number of carbonyl (C=O) groups is 1. The Morgan fingerprint density at radius 1 is 1.14 bits per heavy atom. The zero-order chi connectivity index (χ0) is 26.0. The number of amides is 1. The maximum absolute atomic E-state index is 14.4. The molecule has 1 amide bonds. The number of nitriles is 1. The first-order valence-electron chi connectivity index (χ1n) is 12.0. The van der Waals surface area contributed by atoms with E-state index in [9.17, 15) is 19.2 Å². The molecule has 3 heterocycles. The van der Waals surface area contributed by atoms with Gasteiger partial charge in [-0.25, -0.2) is 4.39 Å². The number of hydrogen-bond acceptors (Lipinski definition) is 7. The molecule has 0 atom stereocenters. The van der Waals surface area contributed by atoms with E-state index in [2.05, 4.69) is 11.0 Å². The second-order valence-electron chi connectivity index (χ2n) is 8.66. The summed E-state index contributed by atoms with van der Waals surface area (Å²) in [6, 6.07) is 8.76. The molecule has 0 aliphatic carbocycles. The summed E-state index contributed by atoms with van der Waals surface area (Å²) in [7, 11) is 0. The number of anilines is 2. The normalized spacial score (nSPS) is 17.3. The van der Waals surface area contributed by atoms with E-state index >= 15 is 0 Å². The fourth-order valence-corrected chi connectivity index (χ4v) is 5.98. The zero-order valence-corrected chi connectivity index (χ0v) is 22.2. The van der Waals surface area contributed by atoms with Crippen molar-refractivity contribution >= 4 is 51.8 Å². The zero-order valence-electron chi connectivity index (χ0n) is 20.6. The van der Waals surface area contributed by atoms with Crippen molar-refractivity contribution in [2.75, 3.05) is 42.5 Å². The van der Waals surface area contributed by atoms with Crippen molar-refractivity contribution in [3.05, 3.63) is 62.0 Å². The van der Waals surface area contributed by atoms with Crippen LogP contribution < -0.4 is 15.4 Å². The van der Waals surface area contributed by atoms with Crippen LogP contribution in [0, 0.1) is 24.1 Å². The van der Waals surface area contributed by atoms with Crippen LogP contribution in [0.4, 0.5) is 15.9 Å². The number of nitrogens with zero attached hydrogens (tertiary/aromatic N) is 5. The van der Waals surface area contributed by atoms with Gasteiger partial charge in [0.15, 0.2) is 0 Å². The predicted molar refractivity (Wildman–Crippen MR) is 147 cm³/mol. The lowest BCUT2D eigenvalue weighted by molar-refractivity contribution is -0.122. The highest BCUT2D eigenvalue weighted by atomic mass is 32.2. The molecule has 2 aliphatic rings. The van der Waals surface area contributed by atoms with Crippen LogP contribution >= 0.6 is 24.0 Å². The van der Waals surface area contributed by atoms with Gasteiger partial charge < -0.3 is 9.80 Å². The minimum absolute atomic E-state index is 0.0703. The Labute approximate surface area is 219 Å². The summed E-state index contributed by atoms with van der Waals surface area (Å²) in [6.45, 7) is 8.75. The van der Waals surface area contributed by atoms with E-state index in [-0.39, 0.29) is 22.8 Å². The molecule has 0 radical (unpaired) electrons. The smallest absolute Gasteiger partial charge is 0.270 e. The highest BCUT2D eigenvalue weighted by Gasteiger charge is 2.33. The van der Waals surface area contributed by atoms with Gasteiger partial charge in [0.2, 0.25) is 0 Å². The number of carbonyl (C=O) groups excluding carboxylic acids is 1. The summed E-state index contributed by atoms with van der Waals surface area (Å²) in [5.74, 6) is 0.253. The van der Waals surface area contributed by atoms with Crippen molar-refractivity contribution < 1.29 is 9.18 Å². The molecule has 2 saturated heterocycles. The molecule has 0 saturated carbocycles. The average Bonchev–Trinajstić information content (AvgIpc) is 3.14. The standard InChI is InChI=1S/C26H28FN5O2S2/c1-4-10-32-25(34)22(36-26(32)35)15-18-17(3)19(16-28)24(33)31(5-2)23(18)30-13-11-29(12-14-30)21-9-7-6-8-20(21)27/h6-9,15H,4-5,10-14H2,1-3H3/b22-15+. The second kappa shape index (κ2) is 10.8. The Balaban J connectivity index is 1.77. The number of para-hydroxylation sites is 1. The molecule has 0 spiro atoms. The van der Waals surface area contributed by atoms with E-state index in [1.165, 1.54) is 17.8 Å². The number of thiocarbonyl (C=S) groups is 1. The molecule has 4 rings (SSSR count). The lowest BCUT2D eigenvalue weighted by Crippen LogP contribution is -2.49. The molecule has 2 aliphatic heterocycles. The summed E-state index contributed by atoms with van der Waals surface area (Å²) < 4.78 is 16.5. The second-order valence-corrected chi connectivity index (χ2v) is 10.3. The molecule has 36 heavy (non-hydrogen) atoms. The van der Waals surface area contributed by atoms with Gasteiger partial charge in [0, 0.05) is 44.8 Å². The van der Waals surface area contributed by atoms with Gasteiger partial charge in [-0.15, -0.1) is 0 Å². The first-order chi connectivity index (χ1) is 17.3. The summed E-state index contributed by atoms with van der Waals surface area (Å²) >= 11 is 6.67. The highest BCUT2D eigenvalue weighted by molar-refractivity contribution is 8.26. The van der Waals surface area contributed by atoms with Crippen LogP contribution in [0.5, 0.6) is 0 Å². The van der Waals surface area contributed by atoms with Crippen LogP contribution in [0.3, 0.4) is 0 Å². The van der Waals surface area contributed by atoms with Crippen molar-refractivity contribution in [3.63, 3.8) is 0 Å². The van der Waals surface area contributed by atoms with Crippen molar-refractivity contribution in [2.24, 2.45) is 0 Å². The number of pyridine rings is 1. The minimum Gasteiger partial charge on any atom is -0.366 e. The van der Waals surface area contributed by atoms with E-state index in [0.717, 1.165) is 6.42 Å². The largest absolute Gasteiger partial charge is 0.366 e. The predicted octanol–water partition coefficient (Wildman–Crippen LogP) is 4.13. The average molecular weight is 526 g/mol. The topological polar surface area (TPSA) is 72.6 Å². The highest BCUT2D eigenvalue weighted by Crippen LogP contribution is 2.36. The Morgan fingerprint density at radius 3 is 2.42 bits per heavy atom. The number of thioether (sulfide) groups is 1. The Hall–Kier alpha value is -3.16. The number of piperazine rings is 1. The fraction of sp³-hybridized carbons (Fsp3) is 0.385. The van der Waals surface area contributed by atoms with Gasteiger partial charge in [-0.05, 0) is 44.0 Å². The lowest BCUT2D eigenvalue weighted by Gasteiger charge is -2.39. The quantitative estimate of drug-likeness (QED) is 0.415. The molecule has 188 valence electrons. The lowest BCUT2D eigenvalue weighted by atomic mass is 10.0. The van der Waals surface area contributed by atoms with E-state index in [4.69, 9.17) is 12.2 Å². The Morgan fingerprint density at radius 2 is 1.81 bits per heavy atom. The van der Waals surface area contributed by atoms with Crippen LogP contribution in [0.15, 0.2) is 34.0 Å². The summed E-state index contributed by atoms with van der Waals surface area (Å²) in [4.78, 5) is 32.5. The van der Waals surface area contributed by atoms with Crippen molar-refractivity contribution in [3.8, 4) is 6.07 Å². The third kappa shape index (κ3) is 4.65. The number of benzene rings is 1. The monoisotopic (exact) mass is 525 g/mol. The third-order valence-electron chi connectivity index (χ3n) is 6.53. The van der Waals surface area contributed by atoms with Crippen molar-refractivity contribution in [1.29, 1.82) is 5.26 Å². The fourth-order valence-electron chi connectivity index (χ4n) is 4.69. The van der Waals surface area contributed by atoms with E-state index in [0.29, 0.717) is 71.1 Å². The van der Waals surface area contributed by atoms with Gasteiger partial charge >= 0.3 is 0 Å². The van der Waals surface area contributed by atoms with Crippen LogP contribution in [0.2, 0.25) is 0 Å². The van der Waals surface area contributed by atoms with Crippen molar-refractivity contribution in [2.45, 2.75) is 33.7 Å². The number of rotatable bonds is 6. The van der Waals surface area contributed by atoms with Gasteiger partial charge in [0.25, 0.3) is 11.5 Å². The first kappa shape index (κ1) is 25.9. The molecular formula is C26H28FN5O2S2. The molecule has 10 heteroatoms. The molecule has 1 aromatic carbocycles. The number of halogens is 1. The van der Waals surface area contributed by atoms with E-state index < -0.39 is 0 Å². The molecule has 0 N–H and O–H groups in total. The van der Waals surface area contributed by atoms with E-state index in [1.807, 2.05) is 24.8 Å². The van der Waals surface area contributed by atoms with Crippen LogP contribution in [-0.4, -0.2) is 52.4 Å². The molecule has 2 fully saturated rings. The molecule has 0 unspecified atom stereocenters. The number of aromatic nitrogens is 1. The Kier molecular flexibility index (Phi) is 7.81. The maximum Gasteiger partial charge on any atom is 0.270 e. The van der Waals surface area contributed by atoms with Gasteiger partial charge in [0.05, 0.1) is 10.6 Å². The summed E-state index contributed by atoms with van der Waals surface area (Å²) in [5, 5.41) is 9.76. The maximum atomic E-state index is 14.4. The van der Waals surface area contributed by atoms with Crippen LogP contribution in [0.25, 0.3) is 6.08 Å². The van der Waals surface area contributed by atoms with Gasteiger partial charge in [-0.2, -0.15) is 5.26 Å². The third-order valence-corrected chi connectivity index (χ3v) is 7.91. The van der Waals surface area contributed by atoms with E-state index in [1.54, 1.807) is 34.6 Å². The molecule has 1 aromatic heterocycles. The van der Waals surface area contributed by atoms with Crippen molar-refractivity contribution in [1.82, 2.24) is 9.47 Å². The minimum atomic E-state index is -0.347. The van der Waals surface area contributed by atoms with Gasteiger partial charge in [-0.1, -0.05) is 43.0 Å². The Bertz CT molecular complexity index is 1340. The first-order valence-corrected chi connectivity index (χ1v) is 13.2. The summed E-state index contributed by atoms with van der Waals surface area (Å²) in [6.07, 6.45) is 2.56. The molecular weight excluding hydrogens is 497 g/mol. The summed E-state index contributed by atoms with van der Waals surface area (Å²) in [5.41, 5.74) is 1.49.